The van der Waals surface area contributed by atoms with E-state index in [-0.39, 0.29) is 24.2 Å². The van der Waals surface area contributed by atoms with Crippen molar-refractivity contribution in [3.8, 4) is 16.9 Å². The average molecular weight is 550 g/mol. The Hall–Kier alpha value is -3.46. The fourth-order valence-electron chi connectivity index (χ4n) is 4.84. The fraction of sp³-hybridized carbons (Fsp3) is 0.333. The minimum atomic E-state index is -0.993. The molecule has 1 saturated heterocycles. The molecule has 1 amide bonds. The number of oxime groups is 1. The number of amides is 1. The van der Waals surface area contributed by atoms with Crippen molar-refractivity contribution in [3.63, 3.8) is 0 Å². The summed E-state index contributed by atoms with van der Waals surface area (Å²) < 4.78 is 19.2. The van der Waals surface area contributed by atoms with Crippen molar-refractivity contribution in [2.75, 3.05) is 19.6 Å². The largest absolute Gasteiger partial charge is 0.489 e. The van der Waals surface area contributed by atoms with Crippen LogP contribution < -0.4 is 10.1 Å². The van der Waals surface area contributed by atoms with Crippen LogP contribution in [0.3, 0.4) is 0 Å². The molecule has 2 heterocycles. The van der Waals surface area contributed by atoms with E-state index in [4.69, 9.17) is 21.2 Å². The summed E-state index contributed by atoms with van der Waals surface area (Å²) in [6, 6.07) is 16.5. The van der Waals surface area contributed by atoms with Gasteiger partial charge in [-0.05, 0) is 79.4 Å². The molecule has 3 aliphatic rings. The van der Waals surface area contributed by atoms with Crippen molar-refractivity contribution in [3.05, 3.63) is 88.2 Å². The summed E-state index contributed by atoms with van der Waals surface area (Å²) in [6.45, 7) is 2.52. The van der Waals surface area contributed by atoms with E-state index < -0.39 is 18.1 Å². The van der Waals surface area contributed by atoms with Crippen molar-refractivity contribution < 1.29 is 23.9 Å². The molecule has 6 rings (SSSR count). The van der Waals surface area contributed by atoms with Gasteiger partial charge in [0.05, 0.1) is 17.2 Å². The first kappa shape index (κ1) is 25.8. The lowest BCUT2D eigenvalue weighted by molar-refractivity contribution is -0.116. The number of carbonyl (C=O) groups is 1. The standard InChI is InChI=1S/C30H29ClFN3O4/c31-25-15-20(5-11-27(25)39-23-8-9-23)29(36)26(16-35-12-1-13-35)33-30(37)28-24-10-4-19(14-21(24)17-38-34-28)18-2-6-22(32)7-3-18/h2-7,10-11,14-15,23,26,29,36H,1,8-9,12-13,16-17H2,(H,33,37). The number of nitrogens with zero attached hydrogens (tertiary/aromatic N) is 2. The smallest absolute Gasteiger partial charge is 0.274 e. The second kappa shape index (κ2) is 11.0. The van der Waals surface area contributed by atoms with E-state index in [9.17, 15) is 14.3 Å². The first-order valence-corrected chi connectivity index (χ1v) is 13.6. The zero-order chi connectivity index (χ0) is 26.9. The Bertz CT molecular complexity index is 1410. The lowest BCUT2D eigenvalue weighted by Crippen LogP contribution is -2.52. The van der Waals surface area contributed by atoms with Crippen molar-refractivity contribution in [1.82, 2.24) is 10.2 Å². The highest BCUT2D eigenvalue weighted by Gasteiger charge is 2.31. The van der Waals surface area contributed by atoms with Crippen LogP contribution >= 0.6 is 11.6 Å². The Balaban J connectivity index is 1.21. The predicted molar refractivity (Wildman–Crippen MR) is 146 cm³/mol. The van der Waals surface area contributed by atoms with Crippen molar-refractivity contribution in [1.29, 1.82) is 0 Å². The second-order valence-corrected chi connectivity index (χ2v) is 10.7. The maximum absolute atomic E-state index is 13.5. The summed E-state index contributed by atoms with van der Waals surface area (Å²) in [7, 11) is 0. The third-order valence-electron chi connectivity index (χ3n) is 7.35. The van der Waals surface area contributed by atoms with Gasteiger partial charge in [-0.25, -0.2) is 4.39 Å². The average Bonchev–Trinajstić information content (AvgIpc) is 3.74. The Morgan fingerprint density at radius 1 is 1.13 bits per heavy atom. The van der Waals surface area contributed by atoms with E-state index in [1.807, 2.05) is 18.2 Å². The lowest BCUT2D eigenvalue weighted by atomic mass is 9.95. The SMILES string of the molecule is O=C(NC(CN1CCC1)C(O)c1ccc(OC2CC2)c(Cl)c1)C1=NOCc2cc(-c3ccc(F)cc3)ccc21. The molecule has 1 saturated carbocycles. The molecule has 1 aliphatic carbocycles. The molecule has 0 radical (unpaired) electrons. The zero-order valence-electron chi connectivity index (χ0n) is 21.3. The minimum Gasteiger partial charge on any atom is -0.489 e. The van der Waals surface area contributed by atoms with Crippen LogP contribution in [0, 0.1) is 5.82 Å². The Morgan fingerprint density at radius 2 is 1.90 bits per heavy atom. The maximum atomic E-state index is 13.5. The van der Waals surface area contributed by atoms with Gasteiger partial charge in [0.2, 0.25) is 0 Å². The Morgan fingerprint density at radius 3 is 2.59 bits per heavy atom. The van der Waals surface area contributed by atoms with Crippen LogP contribution in [0.1, 0.15) is 42.1 Å². The van der Waals surface area contributed by atoms with Crippen LogP contribution in [0.15, 0.2) is 65.8 Å². The molecule has 9 heteroatoms. The number of nitrogens with one attached hydrogen (secondary N) is 1. The molecular weight excluding hydrogens is 521 g/mol. The van der Waals surface area contributed by atoms with Crippen LogP contribution in [0.4, 0.5) is 4.39 Å². The molecule has 2 aliphatic heterocycles. The number of hydrogen-bond donors (Lipinski definition) is 2. The Labute approximate surface area is 231 Å². The molecule has 2 fully saturated rings. The number of likely N-dealkylation sites (tertiary alicyclic amines) is 1. The van der Waals surface area contributed by atoms with Crippen LogP contribution in [0.2, 0.25) is 5.02 Å². The van der Waals surface area contributed by atoms with E-state index in [0.717, 1.165) is 49.0 Å². The molecule has 0 aromatic heterocycles. The van der Waals surface area contributed by atoms with E-state index in [0.29, 0.717) is 28.4 Å². The third-order valence-corrected chi connectivity index (χ3v) is 7.64. The van der Waals surface area contributed by atoms with Crippen molar-refractivity contribution in [2.24, 2.45) is 5.16 Å². The minimum absolute atomic E-state index is 0.147. The van der Waals surface area contributed by atoms with Gasteiger partial charge in [-0.3, -0.25) is 4.79 Å². The highest BCUT2D eigenvalue weighted by molar-refractivity contribution is 6.45. The molecule has 7 nitrogen and oxygen atoms in total. The summed E-state index contributed by atoms with van der Waals surface area (Å²) in [4.78, 5) is 21.1. The summed E-state index contributed by atoms with van der Waals surface area (Å²) in [6.07, 6.45) is 2.35. The fourth-order valence-corrected chi connectivity index (χ4v) is 5.08. The normalized spacial score (nSPS) is 18.2. The molecule has 0 spiro atoms. The number of halogens is 2. The van der Waals surface area contributed by atoms with Gasteiger partial charge in [-0.15, -0.1) is 0 Å². The van der Waals surface area contributed by atoms with Gasteiger partial charge < -0.3 is 24.9 Å². The molecule has 3 aromatic carbocycles. The van der Waals surface area contributed by atoms with Gasteiger partial charge in [-0.1, -0.05) is 47.1 Å². The molecule has 39 heavy (non-hydrogen) atoms. The number of rotatable bonds is 9. The van der Waals surface area contributed by atoms with E-state index in [1.54, 1.807) is 30.3 Å². The monoisotopic (exact) mass is 549 g/mol. The predicted octanol–water partition coefficient (Wildman–Crippen LogP) is 4.85. The van der Waals surface area contributed by atoms with Crippen LogP contribution in [-0.2, 0) is 16.2 Å². The summed E-state index contributed by atoms with van der Waals surface area (Å²) in [5, 5.41) is 18.8. The van der Waals surface area contributed by atoms with Gasteiger partial charge >= 0.3 is 0 Å². The highest BCUT2D eigenvalue weighted by Crippen LogP contribution is 2.34. The number of hydrogen-bond acceptors (Lipinski definition) is 6. The van der Waals surface area contributed by atoms with Gasteiger partial charge in [0.25, 0.3) is 5.91 Å². The van der Waals surface area contributed by atoms with Crippen molar-refractivity contribution in [2.45, 2.75) is 44.1 Å². The molecule has 2 N–H and O–H groups in total. The van der Waals surface area contributed by atoms with Crippen molar-refractivity contribution >= 4 is 23.2 Å². The van der Waals surface area contributed by atoms with Gasteiger partial charge in [0, 0.05) is 17.7 Å². The van der Waals surface area contributed by atoms with E-state index in [2.05, 4.69) is 15.4 Å². The molecule has 2 atom stereocenters. The quantitative estimate of drug-likeness (QED) is 0.399. The molecule has 3 aromatic rings. The molecule has 2 unspecified atom stereocenters. The van der Waals surface area contributed by atoms with Gasteiger partial charge in [0.15, 0.2) is 5.71 Å². The summed E-state index contributed by atoms with van der Waals surface area (Å²) in [5.74, 6) is -0.135. The second-order valence-electron chi connectivity index (χ2n) is 10.3. The lowest BCUT2D eigenvalue weighted by Gasteiger charge is -2.36. The zero-order valence-corrected chi connectivity index (χ0v) is 22.0. The molecular formula is C30H29ClFN3O4. The Kier molecular flexibility index (Phi) is 7.25. The van der Waals surface area contributed by atoms with E-state index >= 15 is 0 Å². The number of carbonyl (C=O) groups excluding carboxylic acids is 1. The third kappa shape index (κ3) is 5.78. The van der Waals surface area contributed by atoms with E-state index in [1.165, 1.54) is 12.1 Å². The summed E-state index contributed by atoms with van der Waals surface area (Å²) >= 11 is 6.45. The molecule has 0 bridgehead atoms. The number of aliphatic hydroxyl groups excluding tert-OH is 1. The van der Waals surface area contributed by atoms with Gasteiger partial charge in [0.1, 0.15) is 24.3 Å². The van der Waals surface area contributed by atoms with Gasteiger partial charge in [-0.2, -0.15) is 0 Å². The highest BCUT2D eigenvalue weighted by atomic mass is 35.5. The topological polar surface area (TPSA) is 83.4 Å². The summed E-state index contributed by atoms with van der Waals surface area (Å²) in [5.41, 5.74) is 3.95. The number of fused-ring (bicyclic) bond motifs is 1. The van der Waals surface area contributed by atoms with Crippen LogP contribution in [0.25, 0.3) is 11.1 Å². The number of ether oxygens (including phenoxy) is 1. The molecule has 202 valence electrons. The van der Waals surface area contributed by atoms with Crippen LogP contribution in [0.5, 0.6) is 5.75 Å². The number of aliphatic hydroxyl groups is 1. The number of benzene rings is 3. The maximum Gasteiger partial charge on any atom is 0.274 e. The first-order valence-electron chi connectivity index (χ1n) is 13.2. The van der Waals surface area contributed by atoms with Crippen LogP contribution in [-0.4, -0.2) is 53.4 Å². The first-order chi connectivity index (χ1) is 18.9.